The number of rotatable bonds is 5. The number of hydrogen-bond donors (Lipinski definition) is 0. The molecular weight excluding hydrogens is 340 g/mol. The van der Waals surface area contributed by atoms with Crippen LogP contribution in [0.1, 0.15) is 31.7 Å². The zero-order valence-corrected chi connectivity index (χ0v) is 16.1. The van der Waals surface area contributed by atoms with E-state index < -0.39 is 10.0 Å². The van der Waals surface area contributed by atoms with Crippen LogP contribution in [0.25, 0.3) is 0 Å². The van der Waals surface area contributed by atoms with Gasteiger partial charge in [0.05, 0.1) is 30.6 Å². The average molecular weight is 366 g/mol. The Morgan fingerprint density at radius 2 is 2.00 bits per heavy atom. The SMILES string of the molecule is CC(C)N(C)Cc1ncn2c1CN(S(=O)(=O)c1cn(C)cn1)CCC2. The second-order valence-corrected chi connectivity index (χ2v) is 8.79. The van der Waals surface area contributed by atoms with E-state index in [1.54, 1.807) is 17.8 Å². The first-order valence-electron chi connectivity index (χ1n) is 8.50. The van der Waals surface area contributed by atoms with E-state index in [0.717, 1.165) is 24.4 Å². The van der Waals surface area contributed by atoms with Gasteiger partial charge in [-0.05, 0) is 27.3 Å². The van der Waals surface area contributed by atoms with Gasteiger partial charge in [-0.25, -0.2) is 18.4 Å². The molecule has 0 amide bonds. The van der Waals surface area contributed by atoms with Gasteiger partial charge in [-0.2, -0.15) is 4.31 Å². The Morgan fingerprint density at radius 3 is 2.64 bits per heavy atom. The van der Waals surface area contributed by atoms with Gasteiger partial charge >= 0.3 is 0 Å². The maximum Gasteiger partial charge on any atom is 0.262 e. The van der Waals surface area contributed by atoms with Gasteiger partial charge in [0, 0.05) is 38.9 Å². The third-order valence-electron chi connectivity index (χ3n) is 4.73. The highest BCUT2D eigenvalue weighted by Crippen LogP contribution is 2.23. The van der Waals surface area contributed by atoms with E-state index in [1.807, 2.05) is 6.33 Å². The quantitative estimate of drug-likeness (QED) is 0.791. The molecule has 2 aromatic rings. The minimum atomic E-state index is -3.60. The van der Waals surface area contributed by atoms with Crippen molar-refractivity contribution < 1.29 is 8.42 Å². The van der Waals surface area contributed by atoms with Crippen LogP contribution in [0.3, 0.4) is 0 Å². The lowest BCUT2D eigenvalue weighted by atomic mass is 10.2. The van der Waals surface area contributed by atoms with Gasteiger partial charge in [0.25, 0.3) is 10.0 Å². The number of nitrogens with zero attached hydrogens (tertiary/aromatic N) is 6. The third-order valence-corrected chi connectivity index (χ3v) is 6.46. The molecule has 3 heterocycles. The normalized spacial score (nSPS) is 16.4. The Balaban J connectivity index is 1.89. The Labute approximate surface area is 149 Å². The van der Waals surface area contributed by atoms with Crippen LogP contribution in [-0.2, 0) is 36.7 Å². The first-order chi connectivity index (χ1) is 11.8. The molecule has 0 atom stereocenters. The summed E-state index contributed by atoms with van der Waals surface area (Å²) in [5, 5.41) is 0.101. The van der Waals surface area contributed by atoms with Crippen LogP contribution in [0.5, 0.6) is 0 Å². The maximum atomic E-state index is 12.9. The summed E-state index contributed by atoms with van der Waals surface area (Å²) in [6.45, 7) is 6.57. The lowest BCUT2D eigenvalue weighted by Gasteiger charge is -2.22. The van der Waals surface area contributed by atoms with E-state index in [1.165, 1.54) is 10.6 Å². The topological polar surface area (TPSA) is 76.3 Å². The van der Waals surface area contributed by atoms with Gasteiger partial charge in [0.2, 0.25) is 0 Å². The summed E-state index contributed by atoms with van der Waals surface area (Å²) >= 11 is 0. The van der Waals surface area contributed by atoms with Crippen molar-refractivity contribution >= 4 is 10.0 Å². The largest absolute Gasteiger partial charge is 0.339 e. The Bertz CT molecular complexity index is 839. The zero-order chi connectivity index (χ0) is 18.2. The first-order valence-corrected chi connectivity index (χ1v) is 9.94. The molecule has 1 aliphatic heterocycles. The molecule has 2 aromatic heterocycles. The predicted molar refractivity (Wildman–Crippen MR) is 94.3 cm³/mol. The number of fused-ring (bicyclic) bond motifs is 1. The van der Waals surface area contributed by atoms with Gasteiger partial charge < -0.3 is 9.13 Å². The molecule has 0 bridgehead atoms. The monoisotopic (exact) mass is 366 g/mol. The molecule has 0 unspecified atom stereocenters. The van der Waals surface area contributed by atoms with Gasteiger partial charge in [0.15, 0.2) is 5.03 Å². The number of imidazole rings is 2. The van der Waals surface area contributed by atoms with Crippen molar-refractivity contribution in [2.75, 3.05) is 13.6 Å². The minimum absolute atomic E-state index is 0.101. The molecule has 0 radical (unpaired) electrons. The molecule has 1 aliphatic rings. The molecule has 0 saturated carbocycles. The molecule has 9 heteroatoms. The molecule has 0 saturated heterocycles. The number of hydrogen-bond acceptors (Lipinski definition) is 5. The Hall–Kier alpha value is -1.71. The van der Waals surface area contributed by atoms with Crippen LogP contribution in [0.4, 0.5) is 0 Å². The van der Waals surface area contributed by atoms with Crippen LogP contribution in [0, 0.1) is 0 Å². The summed E-state index contributed by atoms with van der Waals surface area (Å²) < 4.78 is 31.1. The highest BCUT2D eigenvalue weighted by Gasteiger charge is 2.30. The molecular formula is C16H26N6O2S. The number of sulfonamides is 1. The van der Waals surface area contributed by atoms with Crippen molar-refractivity contribution in [1.82, 2.24) is 28.3 Å². The summed E-state index contributed by atoms with van der Waals surface area (Å²) in [4.78, 5) is 10.8. The van der Waals surface area contributed by atoms with Crippen molar-refractivity contribution in [3.8, 4) is 0 Å². The van der Waals surface area contributed by atoms with Crippen molar-refractivity contribution in [3.05, 3.63) is 30.2 Å². The summed E-state index contributed by atoms with van der Waals surface area (Å²) in [5.74, 6) is 0. The van der Waals surface area contributed by atoms with Gasteiger partial charge in [0.1, 0.15) is 0 Å². The van der Waals surface area contributed by atoms with E-state index >= 15 is 0 Å². The average Bonchev–Trinajstić information content (AvgIpc) is 3.07. The Morgan fingerprint density at radius 1 is 1.24 bits per heavy atom. The van der Waals surface area contributed by atoms with E-state index in [0.29, 0.717) is 25.7 Å². The molecule has 138 valence electrons. The molecule has 25 heavy (non-hydrogen) atoms. The zero-order valence-electron chi connectivity index (χ0n) is 15.3. The highest BCUT2D eigenvalue weighted by molar-refractivity contribution is 7.89. The van der Waals surface area contributed by atoms with E-state index in [9.17, 15) is 8.42 Å². The van der Waals surface area contributed by atoms with Crippen LogP contribution in [0.2, 0.25) is 0 Å². The van der Waals surface area contributed by atoms with Gasteiger partial charge in [-0.3, -0.25) is 4.90 Å². The molecule has 3 rings (SSSR count). The van der Waals surface area contributed by atoms with Crippen LogP contribution >= 0.6 is 0 Å². The summed E-state index contributed by atoms with van der Waals surface area (Å²) in [6.07, 6.45) is 5.65. The fourth-order valence-electron chi connectivity index (χ4n) is 2.90. The molecule has 0 N–H and O–H groups in total. The van der Waals surface area contributed by atoms with Crippen molar-refractivity contribution in [1.29, 1.82) is 0 Å². The molecule has 0 aromatic carbocycles. The maximum absolute atomic E-state index is 12.9. The van der Waals surface area contributed by atoms with Gasteiger partial charge in [-0.15, -0.1) is 0 Å². The molecule has 0 fully saturated rings. The van der Waals surface area contributed by atoms with Crippen LogP contribution < -0.4 is 0 Å². The second kappa shape index (κ2) is 6.89. The van der Waals surface area contributed by atoms with Crippen LogP contribution in [-0.4, -0.2) is 56.4 Å². The van der Waals surface area contributed by atoms with E-state index in [4.69, 9.17) is 0 Å². The van der Waals surface area contributed by atoms with Crippen molar-refractivity contribution in [2.24, 2.45) is 7.05 Å². The standard InChI is InChI=1S/C16H26N6O2S/c1-13(2)20(4)8-14-15-9-22(7-5-6-21(15)12-17-14)25(23,24)16-10-19(3)11-18-16/h10-13H,5-9H2,1-4H3. The van der Waals surface area contributed by atoms with Crippen molar-refractivity contribution in [2.45, 2.75) is 51.0 Å². The van der Waals surface area contributed by atoms with E-state index in [-0.39, 0.29) is 5.03 Å². The Kier molecular flexibility index (Phi) is 4.99. The lowest BCUT2D eigenvalue weighted by molar-refractivity contribution is 0.261. The number of aryl methyl sites for hydroxylation is 2. The number of aromatic nitrogens is 4. The summed E-state index contributed by atoms with van der Waals surface area (Å²) in [7, 11) is 0.218. The fraction of sp³-hybridized carbons (Fsp3) is 0.625. The second-order valence-electron chi connectivity index (χ2n) is 6.91. The molecule has 0 spiro atoms. The van der Waals surface area contributed by atoms with Crippen molar-refractivity contribution in [3.63, 3.8) is 0 Å². The smallest absolute Gasteiger partial charge is 0.262 e. The third kappa shape index (κ3) is 3.63. The fourth-order valence-corrected chi connectivity index (χ4v) is 4.30. The molecule has 0 aliphatic carbocycles. The van der Waals surface area contributed by atoms with Crippen LogP contribution in [0.15, 0.2) is 23.9 Å². The van der Waals surface area contributed by atoms with Gasteiger partial charge in [-0.1, -0.05) is 0 Å². The highest BCUT2D eigenvalue weighted by atomic mass is 32.2. The summed E-state index contributed by atoms with van der Waals surface area (Å²) in [6, 6.07) is 0.400. The molecule has 8 nitrogen and oxygen atoms in total. The minimum Gasteiger partial charge on any atom is -0.339 e. The predicted octanol–water partition coefficient (Wildman–Crippen LogP) is 1.05. The van der Waals surface area contributed by atoms with E-state index in [2.05, 4.69) is 40.3 Å². The first kappa shape index (κ1) is 18.1. The summed E-state index contributed by atoms with van der Waals surface area (Å²) in [5.41, 5.74) is 1.92. The lowest BCUT2D eigenvalue weighted by Crippen LogP contribution is -2.32.